The molecule has 0 radical (unpaired) electrons. The molecule has 1 aromatic rings. The second-order valence-electron chi connectivity index (χ2n) is 9.84. The molecule has 0 bridgehead atoms. The second kappa shape index (κ2) is 8.32. The van der Waals surface area contributed by atoms with Gasteiger partial charge in [0.15, 0.2) is 0 Å². The van der Waals surface area contributed by atoms with E-state index in [-0.39, 0.29) is 0 Å². The van der Waals surface area contributed by atoms with Crippen LogP contribution in [0.5, 0.6) is 0 Å². The van der Waals surface area contributed by atoms with Crippen LogP contribution in [0.3, 0.4) is 0 Å². The van der Waals surface area contributed by atoms with E-state index in [2.05, 4.69) is 50.3 Å². The van der Waals surface area contributed by atoms with Gasteiger partial charge >= 0.3 is 0 Å². The highest BCUT2D eigenvalue weighted by Crippen LogP contribution is 2.42. The zero-order chi connectivity index (χ0) is 17.9. The zero-order valence-electron chi connectivity index (χ0n) is 17.0. The SMILES string of the molecule is CC1C=CC(C2CCC(c3ccc(C4CCC(C)CC4)cc3)CC2)CC1. The molecule has 0 N–H and O–H groups in total. The summed E-state index contributed by atoms with van der Waals surface area (Å²) in [6.45, 7) is 4.78. The topological polar surface area (TPSA) is 0 Å². The van der Waals surface area contributed by atoms with Crippen molar-refractivity contribution in [3.8, 4) is 0 Å². The Bertz CT molecular complexity index is 579. The van der Waals surface area contributed by atoms with Crippen molar-refractivity contribution in [2.45, 2.75) is 89.9 Å². The van der Waals surface area contributed by atoms with Crippen molar-refractivity contribution >= 4 is 0 Å². The molecule has 2 fully saturated rings. The van der Waals surface area contributed by atoms with E-state index < -0.39 is 0 Å². The highest BCUT2D eigenvalue weighted by molar-refractivity contribution is 5.28. The molecular weight excluding hydrogens is 312 g/mol. The molecular formula is C26H38. The third kappa shape index (κ3) is 4.26. The van der Waals surface area contributed by atoms with Gasteiger partial charge in [0, 0.05) is 0 Å². The fraction of sp³-hybridized carbons (Fsp3) is 0.692. The number of allylic oxidation sites excluding steroid dienone is 2. The molecule has 0 aliphatic heterocycles. The third-order valence-corrected chi connectivity index (χ3v) is 7.91. The molecule has 0 heteroatoms. The number of hydrogen-bond acceptors (Lipinski definition) is 0. The average molecular weight is 351 g/mol. The highest BCUT2D eigenvalue weighted by Gasteiger charge is 2.28. The lowest BCUT2D eigenvalue weighted by molar-refractivity contribution is 0.242. The molecule has 0 spiro atoms. The Hall–Kier alpha value is -1.04. The first-order chi connectivity index (χ1) is 12.7. The summed E-state index contributed by atoms with van der Waals surface area (Å²) in [6.07, 6.45) is 19.2. The minimum Gasteiger partial charge on any atom is -0.0854 e. The molecule has 4 rings (SSSR count). The van der Waals surface area contributed by atoms with E-state index >= 15 is 0 Å². The first kappa shape index (κ1) is 18.3. The largest absolute Gasteiger partial charge is 0.0854 e. The van der Waals surface area contributed by atoms with Crippen molar-refractivity contribution in [2.75, 3.05) is 0 Å². The smallest absolute Gasteiger partial charge is 0.0162 e. The molecule has 2 unspecified atom stereocenters. The average Bonchev–Trinajstić information content (AvgIpc) is 2.70. The molecule has 0 amide bonds. The number of hydrogen-bond donors (Lipinski definition) is 0. The molecule has 2 saturated carbocycles. The Morgan fingerprint density at radius 3 is 1.62 bits per heavy atom. The Labute approximate surface area is 161 Å². The molecule has 2 atom stereocenters. The van der Waals surface area contributed by atoms with Gasteiger partial charge in [-0.25, -0.2) is 0 Å². The van der Waals surface area contributed by atoms with Crippen LogP contribution in [0, 0.1) is 23.7 Å². The van der Waals surface area contributed by atoms with Crippen LogP contribution in [-0.2, 0) is 0 Å². The fourth-order valence-corrected chi connectivity index (χ4v) is 5.89. The van der Waals surface area contributed by atoms with Crippen LogP contribution >= 0.6 is 0 Å². The summed E-state index contributed by atoms with van der Waals surface area (Å²) in [5.74, 6) is 5.24. The molecule has 0 nitrogen and oxygen atoms in total. The third-order valence-electron chi connectivity index (χ3n) is 7.91. The summed E-state index contributed by atoms with van der Waals surface area (Å²) < 4.78 is 0. The molecule has 0 heterocycles. The van der Waals surface area contributed by atoms with Crippen molar-refractivity contribution < 1.29 is 0 Å². The van der Waals surface area contributed by atoms with Gasteiger partial charge in [0.25, 0.3) is 0 Å². The van der Waals surface area contributed by atoms with E-state index in [4.69, 9.17) is 0 Å². The maximum Gasteiger partial charge on any atom is -0.0162 e. The quantitative estimate of drug-likeness (QED) is 0.487. The minimum absolute atomic E-state index is 0.813. The predicted octanol–water partition coefficient (Wildman–Crippen LogP) is 7.86. The Kier molecular flexibility index (Phi) is 5.87. The minimum atomic E-state index is 0.813. The van der Waals surface area contributed by atoms with Crippen LogP contribution in [-0.4, -0.2) is 0 Å². The Morgan fingerprint density at radius 2 is 1.12 bits per heavy atom. The van der Waals surface area contributed by atoms with Crippen LogP contribution in [0.4, 0.5) is 0 Å². The summed E-state index contributed by atoms with van der Waals surface area (Å²) >= 11 is 0. The molecule has 1 aromatic carbocycles. The van der Waals surface area contributed by atoms with Crippen molar-refractivity contribution in [1.82, 2.24) is 0 Å². The number of rotatable bonds is 3. The molecule has 26 heavy (non-hydrogen) atoms. The van der Waals surface area contributed by atoms with E-state index in [1.165, 1.54) is 64.2 Å². The Balaban J connectivity index is 1.31. The van der Waals surface area contributed by atoms with E-state index in [1.54, 1.807) is 11.1 Å². The van der Waals surface area contributed by atoms with Gasteiger partial charge in [0.05, 0.1) is 0 Å². The molecule has 0 aromatic heterocycles. The summed E-state index contributed by atoms with van der Waals surface area (Å²) in [7, 11) is 0. The summed E-state index contributed by atoms with van der Waals surface area (Å²) in [4.78, 5) is 0. The summed E-state index contributed by atoms with van der Waals surface area (Å²) in [5, 5.41) is 0. The maximum atomic E-state index is 2.55. The molecule has 3 aliphatic rings. The lowest BCUT2D eigenvalue weighted by atomic mass is 9.70. The monoisotopic (exact) mass is 350 g/mol. The lowest BCUT2D eigenvalue weighted by Gasteiger charge is -2.35. The van der Waals surface area contributed by atoms with E-state index in [1.807, 2.05) is 0 Å². The molecule has 0 saturated heterocycles. The summed E-state index contributed by atoms with van der Waals surface area (Å²) in [5.41, 5.74) is 3.22. The Morgan fingerprint density at radius 1 is 0.577 bits per heavy atom. The highest BCUT2D eigenvalue weighted by atomic mass is 14.3. The van der Waals surface area contributed by atoms with Gasteiger partial charge in [-0.3, -0.25) is 0 Å². The van der Waals surface area contributed by atoms with Gasteiger partial charge in [-0.1, -0.05) is 63.1 Å². The fourth-order valence-electron chi connectivity index (χ4n) is 5.89. The van der Waals surface area contributed by atoms with E-state index in [9.17, 15) is 0 Å². The van der Waals surface area contributed by atoms with Crippen molar-refractivity contribution in [3.63, 3.8) is 0 Å². The van der Waals surface area contributed by atoms with Gasteiger partial charge in [-0.05, 0) is 98.0 Å². The van der Waals surface area contributed by atoms with Crippen molar-refractivity contribution in [1.29, 1.82) is 0 Å². The standard InChI is InChI=1S/C26H38/c1-19-3-7-21(8-4-19)23-11-15-25(16-12-23)26-17-13-24(14-18-26)22-9-5-20(2)6-10-22/h3,7,13-14,17-23,25H,4-6,8-12,15-16H2,1-2H3. The number of benzene rings is 1. The van der Waals surface area contributed by atoms with E-state index in [0.717, 1.165) is 35.5 Å². The normalized spacial score (nSPS) is 38.2. The first-order valence-electron chi connectivity index (χ1n) is 11.5. The van der Waals surface area contributed by atoms with Gasteiger partial charge in [0.2, 0.25) is 0 Å². The van der Waals surface area contributed by atoms with E-state index in [0.29, 0.717) is 0 Å². The van der Waals surface area contributed by atoms with Crippen LogP contribution in [0.25, 0.3) is 0 Å². The lowest BCUT2D eigenvalue weighted by Crippen LogP contribution is -2.22. The first-order valence-corrected chi connectivity index (χ1v) is 11.5. The van der Waals surface area contributed by atoms with Gasteiger partial charge in [-0.2, -0.15) is 0 Å². The predicted molar refractivity (Wildman–Crippen MR) is 113 cm³/mol. The van der Waals surface area contributed by atoms with Crippen LogP contribution in [0.2, 0.25) is 0 Å². The second-order valence-corrected chi connectivity index (χ2v) is 9.84. The summed E-state index contributed by atoms with van der Waals surface area (Å²) in [6, 6.07) is 9.88. The van der Waals surface area contributed by atoms with Gasteiger partial charge < -0.3 is 0 Å². The van der Waals surface area contributed by atoms with Crippen LogP contribution < -0.4 is 0 Å². The maximum absolute atomic E-state index is 2.55. The van der Waals surface area contributed by atoms with Crippen molar-refractivity contribution in [2.24, 2.45) is 23.7 Å². The zero-order valence-corrected chi connectivity index (χ0v) is 17.0. The van der Waals surface area contributed by atoms with Gasteiger partial charge in [0.1, 0.15) is 0 Å². The molecule has 142 valence electrons. The van der Waals surface area contributed by atoms with Crippen LogP contribution in [0.15, 0.2) is 36.4 Å². The molecule has 3 aliphatic carbocycles. The van der Waals surface area contributed by atoms with Crippen LogP contribution in [0.1, 0.15) is 101 Å². The van der Waals surface area contributed by atoms with Gasteiger partial charge in [-0.15, -0.1) is 0 Å². The van der Waals surface area contributed by atoms with Crippen molar-refractivity contribution in [3.05, 3.63) is 47.5 Å².